The van der Waals surface area contributed by atoms with E-state index in [-0.39, 0.29) is 11.9 Å². The summed E-state index contributed by atoms with van der Waals surface area (Å²) >= 11 is 1.96. The molecule has 24 heavy (non-hydrogen) atoms. The van der Waals surface area contributed by atoms with Crippen LogP contribution in [0.25, 0.3) is 0 Å². The van der Waals surface area contributed by atoms with E-state index in [4.69, 9.17) is 9.78 Å². The highest BCUT2D eigenvalue weighted by atomic mass is 32.2. The van der Waals surface area contributed by atoms with E-state index in [9.17, 15) is 4.79 Å². The summed E-state index contributed by atoms with van der Waals surface area (Å²) in [6.45, 7) is 7.36. The Morgan fingerprint density at radius 2 is 1.88 bits per heavy atom. The molecule has 1 heterocycles. The van der Waals surface area contributed by atoms with Gasteiger partial charge >= 0.3 is 5.97 Å². The van der Waals surface area contributed by atoms with Crippen molar-refractivity contribution in [2.45, 2.75) is 32.6 Å². The Hall–Kier alpha value is -1.04. The summed E-state index contributed by atoms with van der Waals surface area (Å²) in [4.78, 5) is 25.3. The zero-order chi connectivity index (χ0) is 17.2. The van der Waals surface area contributed by atoms with E-state index in [0.717, 1.165) is 49.5 Å². The fraction of sp³-hybridized carbons (Fsp3) is 0.632. The van der Waals surface area contributed by atoms with Crippen LogP contribution in [0.1, 0.15) is 38.2 Å². The Kier molecular flexibility index (Phi) is 8.64. The van der Waals surface area contributed by atoms with E-state index < -0.39 is 0 Å². The average Bonchev–Trinajstić information content (AvgIpc) is 2.64. The molecule has 0 aliphatic carbocycles. The number of hydrogen-bond donors (Lipinski definition) is 0. The monoisotopic (exact) mass is 351 g/mol. The molecule has 1 unspecified atom stereocenters. The Morgan fingerprint density at radius 3 is 2.50 bits per heavy atom. The second kappa shape index (κ2) is 10.7. The third-order valence-electron chi connectivity index (χ3n) is 4.68. The molecule has 1 aliphatic rings. The summed E-state index contributed by atoms with van der Waals surface area (Å²) < 4.78 is 0. The van der Waals surface area contributed by atoms with Gasteiger partial charge < -0.3 is 4.90 Å². The molecule has 1 atom stereocenters. The second-order valence-corrected chi connectivity index (χ2v) is 7.31. The quantitative estimate of drug-likeness (QED) is 0.385. The van der Waals surface area contributed by atoms with E-state index in [1.165, 1.54) is 0 Å². The third-order valence-corrected chi connectivity index (χ3v) is 5.73. The van der Waals surface area contributed by atoms with Crippen molar-refractivity contribution in [3.8, 4) is 0 Å². The fourth-order valence-corrected chi connectivity index (χ4v) is 4.31. The van der Waals surface area contributed by atoms with E-state index in [0.29, 0.717) is 12.5 Å². The molecular weight excluding hydrogens is 322 g/mol. The van der Waals surface area contributed by atoms with Gasteiger partial charge in [0, 0.05) is 6.54 Å². The van der Waals surface area contributed by atoms with Crippen LogP contribution in [0.15, 0.2) is 30.3 Å². The van der Waals surface area contributed by atoms with Crippen molar-refractivity contribution < 1.29 is 14.6 Å². The zero-order valence-corrected chi connectivity index (χ0v) is 15.6. The normalized spacial score (nSPS) is 17.0. The van der Waals surface area contributed by atoms with Gasteiger partial charge in [-0.05, 0) is 48.9 Å². The molecule has 0 amide bonds. The maximum Gasteiger partial charge on any atom is 0.350 e. The van der Waals surface area contributed by atoms with Gasteiger partial charge in [0.05, 0.1) is 5.92 Å². The summed E-state index contributed by atoms with van der Waals surface area (Å²) in [5.74, 6) is 2.10. The van der Waals surface area contributed by atoms with Crippen molar-refractivity contribution in [2.75, 3.05) is 37.7 Å². The van der Waals surface area contributed by atoms with Gasteiger partial charge in [0.15, 0.2) is 0 Å². The molecule has 1 aromatic carbocycles. The van der Waals surface area contributed by atoms with Gasteiger partial charge in [0.25, 0.3) is 0 Å². The lowest BCUT2D eigenvalue weighted by molar-refractivity contribution is -0.275. The molecule has 0 bridgehead atoms. The third kappa shape index (κ3) is 5.80. The van der Waals surface area contributed by atoms with E-state index >= 15 is 0 Å². The smallest absolute Gasteiger partial charge is 0.301 e. The SMILES string of the molecule is CCN(CC)CCOOC(=O)C(c1ccccc1)C1CCSCC1. The summed E-state index contributed by atoms with van der Waals surface area (Å²) in [5.41, 5.74) is 1.03. The highest BCUT2D eigenvalue weighted by Crippen LogP contribution is 2.36. The molecule has 134 valence electrons. The van der Waals surface area contributed by atoms with Gasteiger partial charge in [-0.3, -0.25) is 4.89 Å². The predicted octanol–water partition coefficient (Wildman–Crippen LogP) is 3.73. The van der Waals surface area contributed by atoms with Crippen LogP contribution in [0.5, 0.6) is 0 Å². The number of likely N-dealkylation sites (N-methyl/N-ethyl adjacent to an activating group) is 1. The van der Waals surface area contributed by atoms with Gasteiger partial charge in [-0.15, -0.1) is 0 Å². The van der Waals surface area contributed by atoms with E-state index in [1.807, 2.05) is 42.1 Å². The number of hydrogen-bond acceptors (Lipinski definition) is 5. The van der Waals surface area contributed by atoms with Gasteiger partial charge in [0.1, 0.15) is 6.61 Å². The number of carbonyl (C=O) groups is 1. The van der Waals surface area contributed by atoms with Crippen molar-refractivity contribution in [1.82, 2.24) is 4.90 Å². The van der Waals surface area contributed by atoms with Crippen molar-refractivity contribution in [3.63, 3.8) is 0 Å². The van der Waals surface area contributed by atoms with Crippen LogP contribution in [0.2, 0.25) is 0 Å². The lowest BCUT2D eigenvalue weighted by Gasteiger charge is -2.28. The predicted molar refractivity (Wildman–Crippen MR) is 99.1 cm³/mol. The van der Waals surface area contributed by atoms with E-state index in [2.05, 4.69) is 18.7 Å². The van der Waals surface area contributed by atoms with Crippen LogP contribution < -0.4 is 0 Å². The van der Waals surface area contributed by atoms with Crippen molar-refractivity contribution in [1.29, 1.82) is 0 Å². The minimum atomic E-state index is -0.252. The molecule has 1 saturated heterocycles. The summed E-state index contributed by atoms with van der Waals surface area (Å²) in [6.07, 6.45) is 2.11. The van der Waals surface area contributed by atoms with Gasteiger partial charge in [-0.25, -0.2) is 4.79 Å². The molecule has 4 nitrogen and oxygen atoms in total. The number of carbonyl (C=O) groups excluding carboxylic acids is 1. The Labute approximate surface area is 149 Å². The molecule has 1 aromatic rings. The first-order chi connectivity index (χ1) is 11.8. The van der Waals surface area contributed by atoms with Gasteiger partial charge in [0.2, 0.25) is 0 Å². The molecule has 0 radical (unpaired) electrons. The number of nitrogens with zero attached hydrogens (tertiary/aromatic N) is 1. The minimum Gasteiger partial charge on any atom is -0.301 e. The van der Waals surface area contributed by atoms with Crippen LogP contribution in [-0.2, 0) is 14.6 Å². The molecule has 5 heteroatoms. The molecular formula is C19H29NO3S. The topological polar surface area (TPSA) is 38.8 Å². The molecule has 1 fully saturated rings. The van der Waals surface area contributed by atoms with Gasteiger partial charge in [-0.1, -0.05) is 44.2 Å². The molecule has 0 N–H and O–H groups in total. The lowest BCUT2D eigenvalue weighted by atomic mass is 9.82. The molecule has 0 spiro atoms. The van der Waals surface area contributed by atoms with Crippen molar-refractivity contribution >= 4 is 17.7 Å². The molecule has 2 rings (SSSR count). The van der Waals surface area contributed by atoms with Gasteiger partial charge in [-0.2, -0.15) is 16.6 Å². The number of benzene rings is 1. The first-order valence-electron chi connectivity index (χ1n) is 8.94. The average molecular weight is 352 g/mol. The second-order valence-electron chi connectivity index (χ2n) is 6.09. The van der Waals surface area contributed by atoms with E-state index in [1.54, 1.807) is 0 Å². The Bertz CT molecular complexity index is 473. The van der Waals surface area contributed by atoms with Crippen molar-refractivity contribution in [2.24, 2.45) is 5.92 Å². The summed E-state index contributed by atoms with van der Waals surface area (Å²) in [7, 11) is 0. The number of thioether (sulfide) groups is 1. The Balaban J connectivity index is 1.92. The largest absolute Gasteiger partial charge is 0.350 e. The van der Waals surface area contributed by atoms with Crippen LogP contribution in [0, 0.1) is 5.92 Å². The standard InChI is InChI=1S/C19H29NO3S/c1-3-20(4-2)12-13-22-23-19(21)18(16-8-6-5-7-9-16)17-10-14-24-15-11-17/h5-9,17-18H,3-4,10-15H2,1-2H3. The first-order valence-corrected chi connectivity index (χ1v) is 10.1. The first kappa shape index (κ1) is 19.3. The maximum atomic E-state index is 12.7. The summed E-state index contributed by atoms with van der Waals surface area (Å²) in [5, 5.41) is 0. The van der Waals surface area contributed by atoms with Crippen LogP contribution >= 0.6 is 11.8 Å². The zero-order valence-electron chi connectivity index (χ0n) is 14.8. The molecule has 0 saturated carbocycles. The maximum absolute atomic E-state index is 12.7. The Morgan fingerprint density at radius 1 is 1.21 bits per heavy atom. The number of rotatable bonds is 9. The van der Waals surface area contributed by atoms with Crippen LogP contribution in [-0.4, -0.2) is 48.6 Å². The lowest BCUT2D eigenvalue weighted by Crippen LogP contribution is -2.29. The highest BCUT2D eigenvalue weighted by molar-refractivity contribution is 7.99. The highest BCUT2D eigenvalue weighted by Gasteiger charge is 2.33. The summed E-state index contributed by atoms with van der Waals surface area (Å²) in [6, 6.07) is 9.97. The van der Waals surface area contributed by atoms with Crippen LogP contribution in [0.3, 0.4) is 0 Å². The molecule has 1 aliphatic heterocycles. The minimum absolute atomic E-state index is 0.222. The fourth-order valence-electron chi connectivity index (χ4n) is 3.17. The van der Waals surface area contributed by atoms with Crippen molar-refractivity contribution in [3.05, 3.63) is 35.9 Å². The molecule has 0 aromatic heterocycles. The van der Waals surface area contributed by atoms with Crippen LogP contribution in [0.4, 0.5) is 0 Å².